The smallest absolute Gasteiger partial charge is 0.536 e. The lowest BCUT2D eigenvalue weighted by Gasteiger charge is -2.01. The van der Waals surface area contributed by atoms with Gasteiger partial charge in [0, 0.05) is 5.56 Å². The lowest BCUT2D eigenvalue weighted by atomic mass is 10.2. The molecule has 0 bridgehead atoms. The van der Waals surface area contributed by atoms with Gasteiger partial charge in [-0.3, -0.25) is 4.79 Å². The van der Waals surface area contributed by atoms with Crippen LogP contribution in [-0.4, -0.2) is 14.0 Å². The highest BCUT2D eigenvalue weighted by atomic mass is 16.7. The van der Waals surface area contributed by atoms with Crippen molar-refractivity contribution in [1.29, 1.82) is 0 Å². The zero-order valence-corrected chi connectivity index (χ0v) is 6.27. The Balaban J connectivity index is 2.58. The van der Waals surface area contributed by atoms with Crippen molar-refractivity contribution in [2.24, 2.45) is 5.90 Å². The summed E-state index contributed by atoms with van der Waals surface area (Å²) in [4.78, 5) is 10.2. The zero-order chi connectivity index (χ0) is 8.81. The summed E-state index contributed by atoms with van der Waals surface area (Å²) in [6, 6.07) is 6.54. The lowest BCUT2D eigenvalue weighted by Crippen LogP contribution is -2.11. The van der Waals surface area contributed by atoms with Gasteiger partial charge in [0.25, 0.3) is 0 Å². The first kappa shape index (κ1) is 8.77. The van der Waals surface area contributed by atoms with E-state index in [2.05, 4.69) is 4.76 Å². The number of nitrogens with two attached hydrogens (primary N) is 1. The third-order valence-electron chi connectivity index (χ3n) is 1.26. The monoisotopic (exact) mass is 164 g/mol. The molecule has 1 aromatic rings. The molecule has 2 N–H and O–H groups in total. The van der Waals surface area contributed by atoms with Gasteiger partial charge in [-0.1, -0.05) is 0 Å². The van der Waals surface area contributed by atoms with E-state index in [1.807, 2.05) is 0 Å². The summed E-state index contributed by atoms with van der Waals surface area (Å²) in [6.07, 6.45) is 0.757. The Labute approximate surface area is 70.5 Å². The number of hydrogen-bond acceptors (Lipinski definition) is 4. The van der Waals surface area contributed by atoms with E-state index in [1.165, 1.54) is 0 Å². The van der Waals surface area contributed by atoms with Crippen LogP contribution >= 0.6 is 0 Å². The van der Waals surface area contributed by atoms with Crippen molar-refractivity contribution in [2.45, 2.75) is 0 Å². The van der Waals surface area contributed by atoms with Crippen LogP contribution in [-0.2, 0) is 4.76 Å². The Morgan fingerprint density at radius 2 is 2.00 bits per heavy atom. The molecule has 5 heteroatoms. The largest absolute Gasteiger partial charge is 0.590 e. The minimum Gasteiger partial charge on any atom is -0.536 e. The first-order chi connectivity index (χ1) is 5.86. The second-order valence-electron chi connectivity index (χ2n) is 2.04. The summed E-state index contributed by atoms with van der Waals surface area (Å²) in [6.45, 7) is 0. The fourth-order valence-electron chi connectivity index (χ4n) is 0.708. The van der Waals surface area contributed by atoms with Crippen molar-refractivity contribution < 1.29 is 14.2 Å². The predicted molar refractivity (Wildman–Crippen MR) is 43.5 cm³/mol. The molecule has 0 aliphatic heterocycles. The summed E-state index contributed by atoms with van der Waals surface area (Å²) in [5.74, 6) is 5.26. The van der Waals surface area contributed by atoms with Crippen LogP contribution in [0.1, 0.15) is 10.4 Å². The van der Waals surface area contributed by atoms with Crippen LogP contribution in [0.2, 0.25) is 0 Å². The third kappa shape index (κ3) is 2.37. The van der Waals surface area contributed by atoms with Gasteiger partial charge in [-0.15, -0.1) is 0 Å². The van der Waals surface area contributed by atoms with Crippen LogP contribution in [0.5, 0.6) is 5.75 Å². The minimum absolute atomic E-state index is 0.561. The maximum absolute atomic E-state index is 10.2. The summed E-state index contributed by atoms with van der Waals surface area (Å²) in [5, 5.41) is 0. The van der Waals surface area contributed by atoms with Crippen molar-refractivity contribution in [2.75, 3.05) is 0 Å². The molecule has 0 aliphatic rings. The summed E-state index contributed by atoms with van der Waals surface area (Å²) < 4.78 is 8.95. The maximum atomic E-state index is 10.2. The van der Waals surface area contributed by atoms with E-state index in [1.54, 1.807) is 24.3 Å². The average molecular weight is 164 g/mol. The molecular weight excluding hydrogens is 157 g/mol. The van der Waals surface area contributed by atoms with E-state index >= 15 is 0 Å². The number of rotatable bonds is 4. The summed E-state index contributed by atoms with van der Waals surface area (Å²) in [7, 11) is 0.996. The topological polar surface area (TPSA) is 61.6 Å². The van der Waals surface area contributed by atoms with Crippen LogP contribution in [0.25, 0.3) is 0 Å². The fourth-order valence-corrected chi connectivity index (χ4v) is 0.708. The molecule has 0 saturated carbocycles. The quantitative estimate of drug-likeness (QED) is 0.395. The second-order valence-corrected chi connectivity index (χ2v) is 2.04. The number of carbonyl (C=O) groups is 1. The Hall–Kier alpha value is -1.33. The molecule has 0 saturated heterocycles. The number of carbonyl (C=O) groups excluding carboxylic acids is 1. The van der Waals surface area contributed by atoms with Gasteiger partial charge in [0.15, 0.2) is 0 Å². The van der Waals surface area contributed by atoms with E-state index in [-0.39, 0.29) is 0 Å². The van der Waals surface area contributed by atoms with Crippen molar-refractivity contribution in [3.63, 3.8) is 0 Å². The first-order valence-electron chi connectivity index (χ1n) is 3.26. The molecule has 0 atom stereocenters. The molecule has 12 heavy (non-hydrogen) atoms. The van der Waals surface area contributed by atoms with Crippen LogP contribution < -0.4 is 10.6 Å². The molecule has 0 aliphatic carbocycles. The number of hydrogen-bond donors (Lipinski definition) is 1. The van der Waals surface area contributed by atoms with Crippen LogP contribution in [0.3, 0.4) is 0 Å². The van der Waals surface area contributed by atoms with Gasteiger partial charge in [0.05, 0.1) is 0 Å². The molecule has 1 rings (SSSR count). The number of benzene rings is 1. The van der Waals surface area contributed by atoms with Crippen molar-refractivity contribution in [3.8, 4) is 5.75 Å². The normalized spacial score (nSPS) is 9.08. The van der Waals surface area contributed by atoms with E-state index in [4.69, 9.17) is 10.6 Å². The van der Waals surface area contributed by atoms with Gasteiger partial charge in [-0.25, -0.2) is 5.90 Å². The predicted octanol–water partition coefficient (Wildman–Crippen LogP) is 0.302. The third-order valence-corrected chi connectivity index (χ3v) is 1.26. The van der Waals surface area contributed by atoms with E-state index in [0.29, 0.717) is 11.3 Å². The lowest BCUT2D eigenvalue weighted by molar-refractivity contribution is 0.112. The Bertz CT molecular complexity index is 249. The molecule has 0 amide bonds. The second kappa shape index (κ2) is 4.53. The van der Waals surface area contributed by atoms with Crippen LogP contribution in [0.15, 0.2) is 24.3 Å². The molecule has 0 aromatic heterocycles. The van der Waals surface area contributed by atoms with Gasteiger partial charge in [-0.05, 0) is 24.3 Å². The van der Waals surface area contributed by atoms with E-state index in [0.717, 1.165) is 14.0 Å². The molecule has 1 radical (unpaired) electrons. The van der Waals surface area contributed by atoms with Gasteiger partial charge in [0.2, 0.25) is 0 Å². The van der Waals surface area contributed by atoms with Crippen molar-refractivity contribution >= 4 is 14.0 Å². The van der Waals surface area contributed by atoms with Crippen LogP contribution in [0, 0.1) is 0 Å². The Morgan fingerprint density at radius 1 is 1.33 bits per heavy atom. The number of aldehydes is 1. The zero-order valence-electron chi connectivity index (χ0n) is 6.27. The van der Waals surface area contributed by atoms with E-state index < -0.39 is 0 Å². The highest BCUT2D eigenvalue weighted by molar-refractivity contribution is 6.19. The molecular formula is C7H7BNO3. The minimum atomic E-state index is 0.561. The highest BCUT2D eigenvalue weighted by Gasteiger charge is 1.95. The molecule has 1 aromatic carbocycles. The van der Waals surface area contributed by atoms with Crippen molar-refractivity contribution in [1.82, 2.24) is 0 Å². The molecule has 0 spiro atoms. The van der Waals surface area contributed by atoms with Crippen LogP contribution in [0.4, 0.5) is 0 Å². The maximum Gasteiger partial charge on any atom is 0.590 e. The Kier molecular flexibility index (Phi) is 3.31. The molecule has 0 unspecified atom stereocenters. The average Bonchev–Trinajstić information content (AvgIpc) is 2.15. The summed E-state index contributed by atoms with van der Waals surface area (Å²) in [5.41, 5.74) is 0.594. The van der Waals surface area contributed by atoms with Gasteiger partial charge >= 0.3 is 7.69 Å². The van der Waals surface area contributed by atoms with Gasteiger partial charge in [-0.2, -0.15) is 0 Å². The van der Waals surface area contributed by atoms with Gasteiger partial charge < -0.3 is 9.41 Å². The fraction of sp³-hybridized carbons (Fsp3) is 0. The standard InChI is InChI=1S/C7H7BNO3/c9-12-8-11-7-3-1-6(5-10)2-4-7/h1-5H,9H2. The first-order valence-corrected chi connectivity index (χ1v) is 3.26. The highest BCUT2D eigenvalue weighted by Crippen LogP contribution is 2.09. The Morgan fingerprint density at radius 3 is 2.50 bits per heavy atom. The molecule has 0 heterocycles. The molecule has 0 fully saturated rings. The molecule has 4 nitrogen and oxygen atoms in total. The van der Waals surface area contributed by atoms with E-state index in [9.17, 15) is 4.79 Å². The van der Waals surface area contributed by atoms with Crippen molar-refractivity contribution in [3.05, 3.63) is 29.8 Å². The van der Waals surface area contributed by atoms with Gasteiger partial charge in [0.1, 0.15) is 12.0 Å². The summed E-state index contributed by atoms with van der Waals surface area (Å²) >= 11 is 0. The SMILES string of the molecule is NO[B]Oc1ccc(C=O)cc1. The molecule has 61 valence electrons.